The maximum absolute atomic E-state index is 12.0. The molecular formula is C21H22O4. The van der Waals surface area contributed by atoms with Gasteiger partial charge in [-0.1, -0.05) is 23.8 Å². The maximum Gasteiger partial charge on any atom is 0.334 e. The maximum atomic E-state index is 12.0. The van der Waals surface area contributed by atoms with Crippen LogP contribution in [0, 0.1) is 0 Å². The number of carbonyl (C=O) groups is 1. The Balaban J connectivity index is 1.47. The first-order valence-electron chi connectivity index (χ1n) is 8.48. The Hall–Kier alpha value is -2.75. The van der Waals surface area contributed by atoms with E-state index in [0.717, 1.165) is 30.4 Å². The number of carbonyl (C=O) groups excluding carboxylic acids is 1. The van der Waals surface area contributed by atoms with Crippen molar-refractivity contribution in [3.63, 3.8) is 0 Å². The average Bonchev–Trinajstić information content (AvgIpc) is 3.31. The van der Waals surface area contributed by atoms with Gasteiger partial charge in [0.25, 0.3) is 0 Å². The molecule has 130 valence electrons. The smallest absolute Gasteiger partial charge is 0.334 e. The molecule has 0 unspecified atom stereocenters. The van der Waals surface area contributed by atoms with E-state index in [4.69, 9.17) is 13.6 Å². The number of ether oxygens (including phenoxy) is 1. The number of aryl methyl sites for hydroxylation is 1. The fourth-order valence-corrected chi connectivity index (χ4v) is 2.80. The molecule has 0 saturated carbocycles. The topological polar surface area (TPSA) is 52.6 Å². The van der Waals surface area contributed by atoms with Crippen LogP contribution in [0.5, 0.6) is 0 Å². The minimum absolute atomic E-state index is 0.157. The quantitative estimate of drug-likeness (QED) is 0.496. The van der Waals surface area contributed by atoms with Gasteiger partial charge in [-0.05, 0) is 50.0 Å². The van der Waals surface area contributed by atoms with Gasteiger partial charge in [0.05, 0.1) is 25.1 Å². The first-order valence-corrected chi connectivity index (χ1v) is 8.48. The van der Waals surface area contributed by atoms with Crippen LogP contribution in [-0.2, 0) is 16.0 Å². The molecule has 0 bridgehead atoms. The van der Waals surface area contributed by atoms with Gasteiger partial charge in [0.15, 0.2) is 0 Å². The van der Waals surface area contributed by atoms with Crippen LogP contribution in [-0.4, -0.2) is 12.1 Å². The Morgan fingerprint density at radius 3 is 2.80 bits per heavy atom. The highest BCUT2D eigenvalue weighted by molar-refractivity contribution is 5.91. The van der Waals surface area contributed by atoms with Crippen LogP contribution in [0.2, 0.25) is 0 Å². The van der Waals surface area contributed by atoms with Crippen molar-refractivity contribution in [3.8, 4) is 0 Å². The molecular weight excluding hydrogens is 316 g/mol. The van der Waals surface area contributed by atoms with E-state index >= 15 is 0 Å². The molecule has 3 heterocycles. The van der Waals surface area contributed by atoms with Crippen molar-refractivity contribution in [2.75, 3.05) is 0 Å². The van der Waals surface area contributed by atoms with Crippen LogP contribution in [0.1, 0.15) is 37.3 Å². The van der Waals surface area contributed by atoms with Crippen LogP contribution in [0.25, 0.3) is 6.08 Å². The SMILES string of the molecule is CC(=CCCc1ccoc1)C[C@H]1C=C(CC=Cc2ccoc2)C(=O)O1. The Kier molecular flexibility index (Phi) is 5.73. The summed E-state index contributed by atoms with van der Waals surface area (Å²) < 4.78 is 15.5. The first-order chi connectivity index (χ1) is 12.2. The summed E-state index contributed by atoms with van der Waals surface area (Å²) in [5.41, 5.74) is 4.13. The van der Waals surface area contributed by atoms with Gasteiger partial charge >= 0.3 is 5.97 Å². The van der Waals surface area contributed by atoms with Crippen molar-refractivity contribution in [2.24, 2.45) is 0 Å². The van der Waals surface area contributed by atoms with Crippen LogP contribution in [0.4, 0.5) is 0 Å². The van der Waals surface area contributed by atoms with Gasteiger partial charge in [-0.25, -0.2) is 4.79 Å². The number of hydrogen-bond acceptors (Lipinski definition) is 4. The molecule has 1 aliphatic heterocycles. The minimum Gasteiger partial charge on any atom is -0.472 e. The third kappa shape index (κ3) is 5.11. The standard InChI is InChI=1S/C21H22O4/c1-16(4-2-5-17-8-10-23-14-17)12-20-13-19(21(22)25-20)7-3-6-18-9-11-24-15-18/h3-4,6,8-11,13-15,20H,2,5,7,12H2,1H3/t20-/m0/s1. The van der Waals surface area contributed by atoms with Crippen LogP contribution >= 0.6 is 0 Å². The fourth-order valence-electron chi connectivity index (χ4n) is 2.80. The number of esters is 1. The number of allylic oxidation sites excluding steroid dienone is 2. The lowest BCUT2D eigenvalue weighted by Gasteiger charge is -2.08. The average molecular weight is 338 g/mol. The van der Waals surface area contributed by atoms with Gasteiger partial charge in [-0.3, -0.25) is 0 Å². The van der Waals surface area contributed by atoms with E-state index in [1.807, 2.05) is 30.4 Å². The van der Waals surface area contributed by atoms with Crippen LogP contribution in [0.3, 0.4) is 0 Å². The summed E-state index contributed by atoms with van der Waals surface area (Å²) >= 11 is 0. The minimum atomic E-state index is -0.215. The van der Waals surface area contributed by atoms with E-state index in [9.17, 15) is 4.79 Å². The monoisotopic (exact) mass is 338 g/mol. The van der Waals surface area contributed by atoms with Crippen molar-refractivity contribution in [3.05, 3.63) is 77.7 Å². The lowest BCUT2D eigenvalue weighted by atomic mass is 10.1. The Labute approximate surface area is 147 Å². The third-order valence-corrected chi connectivity index (χ3v) is 4.13. The van der Waals surface area contributed by atoms with Gasteiger partial charge in [0.2, 0.25) is 0 Å². The lowest BCUT2D eigenvalue weighted by Crippen LogP contribution is -2.08. The summed E-state index contributed by atoms with van der Waals surface area (Å²) in [7, 11) is 0. The molecule has 25 heavy (non-hydrogen) atoms. The van der Waals surface area contributed by atoms with E-state index < -0.39 is 0 Å². The fraction of sp³-hybridized carbons (Fsp3) is 0.286. The van der Waals surface area contributed by atoms with Gasteiger partial charge in [-0.15, -0.1) is 0 Å². The Bertz CT molecular complexity index is 761. The molecule has 0 fully saturated rings. The van der Waals surface area contributed by atoms with Crippen LogP contribution in [0.15, 0.2) is 75.4 Å². The number of cyclic esters (lactones) is 1. The van der Waals surface area contributed by atoms with E-state index in [2.05, 4.69) is 13.0 Å². The number of furan rings is 2. The van der Waals surface area contributed by atoms with Gasteiger partial charge in [0.1, 0.15) is 6.10 Å². The zero-order valence-corrected chi connectivity index (χ0v) is 14.3. The molecule has 2 aromatic rings. The largest absolute Gasteiger partial charge is 0.472 e. The highest BCUT2D eigenvalue weighted by Gasteiger charge is 2.24. The van der Waals surface area contributed by atoms with E-state index in [1.165, 1.54) is 11.1 Å². The molecule has 3 rings (SSSR count). The highest BCUT2D eigenvalue weighted by atomic mass is 16.5. The summed E-state index contributed by atoms with van der Waals surface area (Å²) in [5.74, 6) is -0.215. The second kappa shape index (κ2) is 8.38. The van der Waals surface area contributed by atoms with Crippen molar-refractivity contribution in [1.29, 1.82) is 0 Å². The van der Waals surface area contributed by atoms with Crippen LogP contribution < -0.4 is 0 Å². The van der Waals surface area contributed by atoms with Crippen molar-refractivity contribution in [1.82, 2.24) is 0 Å². The predicted octanol–water partition coefficient (Wildman–Crippen LogP) is 5.10. The second-order valence-corrected chi connectivity index (χ2v) is 6.22. The number of hydrogen-bond donors (Lipinski definition) is 0. The molecule has 0 aromatic carbocycles. The highest BCUT2D eigenvalue weighted by Crippen LogP contribution is 2.23. The summed E-state index contributed by atoms with van der Waals surface area (Å²) in [6.45, 7) is 2.08. The van der Waals surface area contributed by atoms with Crippen molar-refractivity contribution >= 4 is 12.0 Å². The summed E-state index contributed by atoms with van der Waals surface area (Å²) in [6.07, 6.45) is 17.9. The zero-order chi connectivity index (χ0) is 17.5. The molecule has 0 N–H and O–H groups in total. The molecule has 0 spiro atoms. The zero-order valence-electron chi connectivity index (χ0n) is 14.3. The lowest BCUT2D eigenvalue weighted by molar-refractivity contribution is -0.139. The van der Waals surface area contributed by atoms with Gasteiger partial charge < -0.3 is 13.6 Å². The third-order valence-electron chi connectivity index (χ3n) is 4.13. The number of rotatable bonds is 8. The molecule has 0 aliphatic carbocycles. The summed E-state index contributed by atoms with van der Waals surface area (Å²) in [5, 5.41) is 0. The van der Waals surface area contributed by atoms with Gasteiger partial charge in [-0.2, -0.15) is 0 Å². The molecule has 2 aromatic heterocycles. The Morgan fingerprint density at radius 2 is 2.04 bits per heavy atom. The van der Waals surface area contributed by atoms with Gasteiger partial charge in [0, 0.05) is 17.6 Å². The van der Waals surface area contributed by atoms with E-state index in [1.54, 1.807) is 25.1 Å². The Morgan fingerprint density at radius 1 is 1.20 bits per heavy atom. The molecule has 1 aliphatic rings. The molecule has 0 saturated heterocycles. The van der Waals surface area contributed by atoms with E-state index in [0.29, 0.717) is 6.42 Å². The summed E-state index contributed by atoms with van der Waals surface area (Å²) in [4.78, 5) is 12.0. The van der Waals surface area contributed by atoms with E-state index in [-0.39, 0.29) is 12.1 Å². The molecule has 4 nitrogen and oxygen atoms in total. The molecule has 0 amide bonds. The normalized spacial score (nSPS) is 18.0. The predicted molar refractivity (Wildman–Crippen MR) is 95.7 cm³/mol. The summed E-state index contributed by atoms with van der Waals surface area (Å²) in [6, 6.07) is 3.85. The molecule has 0 radical (unpaired) electrons. The second-order valence-electron chi connectivity index (χ2n) is 6.22. The van der Waals surface area contributed by atoms with Crippen molar-refractivity contribution < 1.29 is 18.4 Å². The first kappa shape index (κ1) is 17.1. The molecule has 4 heteroatoms. The van der Waals surface area contributed by atoms with Crippen molar-refractivity contribution in [2.45, 2.75) is 38.7 Å². The molecule has 1 atom stereocenters.